The molecule has 1 aromatic heterocycles. The SMILES string of the molecule is Nc1ccc(-c2nnc(C3CC3)o2)c(Cl)c1. The summed E-state index contributed by atoms with van der Waals surface area (Å²) in [4.78, 5) is 0. The minimum atomic E-state index is 0.453. The largest absolute Gasteiger partial charge is 0.420 e. The monoisotopic (exact) mass is 235 g/mol. The van der Waals surface area contributed by atoms with E-state index in [1.165, 1.54) is 0 Å². The number of halogens is 1. The van der Waals surface area contributed by atoms with Crippen LogP contribution in [0.3, 0.4) is 0 Å². The van der Waals surface area contributed by atoms with Crippen LogP contribution < -0.4 is 5.73 Å². The predicted octanol–water partition coefficient (Wildman–Crippen LogP) is 2.85. The molecule has 0 spiro atoms. The van der Waals surface area contributed by atoms with Crippen molar-refractivity contribution in [2.75, 3.05) is 5.73 Å². The zero-order valence-electron chi connectivity index (χ0n) is 8.48. The average molecular weight is 236 g/mol. The van der Waals surface area contributed by atoms with Crippen LogP contribution in [0.2, 0.25) is 5.02 Å². The Bertz CT molecular complexity index is 534. The third kappa shape index (κ3) is 1.65. The topological polar surface area (TPSA) is 64.9 Å². The van der Waals surface area contributed by atoms with Crippen LogP contribution in [0.15, 0.2) is 22.6 Å². The van der Waals surface area contributed by atoms with Crippen LogP contribution in [-0.2, 0) is 0 Å². The first-order valence-corrected chi connectivity index (χ1v) is 5.50. The molecule has 4 nitrogen and oxygen atoms in total. The van der Waals surface area contributed by atoms with Crippen LogP contribution in [0.5, 0.6) is 0 Å². The highest BCUT2D eigenvalue weighted by Crippen LogP contribution is 2.40. The molecule has 82 valence electrons. The van der Waals surface area contributed by atoms with Crippen LogP contribution >= 0.6 is 11.6 Å². The van der Waals surface area contributed by atoms with Gasteiger partial charge in [-0.2, -0.15) is 0 Å². The summed E-state index contributed by atoms with van der Waals surface area (Å²) in [5, 5.41) is 8.54. The second kappa shape index (κ2) is 3.49. The number of nitrogen functional groups attached to an aromatic ring is 1. The van der Waals surface area contributed by atoms with Crippen molar-refractivity contribution < 1.29 is 4.42 Å². The van der Waals surface area contributed by atoms with Crippen molar-refractivity contribution in [2.45, 2.75) is 18.8 Å². The van der Waals surface area contributed by atoms with Crippen LogP contribution in [0.4, 0.5) is 5.69 Å². The van der Waals surface area contributed by atoms with E-state index in [-0.39, 0.29) is 0 Å². The Labute approximate surface area is 97.4 Å². The molecule has 1 fully saturated rings. The first-order chi connectivity index (χ1) is 7.74. The Balaban J connectivity index is 2.00. The number of anilines is 1. The Kier molecular flexibility index (Phi) is 2.11. The number of rotatable bonds is 2. The summed E-state index contributed by atoms with van der Waals surface area (Å²) in [6.07, 6.45) is 2.27. The highest BCUT2D eigenvalue weighted by molar-refractivity contribution is 6.33. The van der Waals surface area contributed by atoms with Crippen molar-refractivity contribution in [3.8, 4) is 11.5 Å². The number of hydrogen-bond acceptors (Lipinski definition) is 4. The fraction of sp³-hybridized carbons (Fsp3) is 0.273. The molecule has 0 saturated heterocycles. The van der Waals surface area contributed by atoms with Gasteiger partial charge in [-0.1, -0.05) is 11.6 Å². The molecule has 1 heterocycles. The molecule has 5 heteroatoms. The van der Waals surface area contributed by atoms with Gasteiger partial charge in [-0.25, -0.2) is 0 Å². The predicted molar refractivity (Wildman–Crippen MR) is 61.1 cm³/mol. The molecule has 0 radical (unpaired) electrons. The van der Waals surface area contributed by atoms with Gasteiger partial charge in [0.2, 0.25) is 11.8 Å². The fourth-order valence-electron chi connectivity index (χ4n) is 1.54. The summed E-state index contributed by atoms with van der Waals surface area (Å²) in [7, 11) is 0. The van der Waals surface area contributed by atoms with E-state index in [0.717, 1.165) is 18.4 Å². The molecule has 2 N–H and O–H groups in total. The summed E-state index contributed by atoms with van der Waals surface area (Å²) in [5.74, 6) is 1.63. The summed E-state index contributed by atoms with van der Waals surface area (Å²) in [6, 6.07) is 5.24. The van der Waals surface area contributed by atoms with Crippen LogP contribution in [-0.4, -0.2) is 10.2 Å². The fourth-order valence-corrected chi connectivity index (χ4v) is 1.81. The molecule has 1 aliphatic carbocycles. The Morgan fingerprint density at radius 2 is 2.12 bits per heavy atom. The first kappa shape index (κ1) is 9.66. The molecule has 1 aromatic carbocycles. The number of hydrogen-bond donors (Lipinski definition) is 1. The molecule has 0 bridgehead atoms. The smallest absolute Gasteiger partial charge is 0.249 e. The lowest BCUT2D eigenvalue weighted by atomic mass is 10.2. The highest BCUT2D eigenvalue weighted by Gasteiger charge is 2.29. The van der Waals surface area contributed by atoms with Crippen LogP contribution in [0.1, 0.15) is 24.7 Å². The third-order valence-electron chi connectivity index (χ3n) is 2.59. The summed E-state index contributed by atoms with van der Waals surface area (Å²) >= 11 is 6.06. The molecular formula is C11H10ClN3O. The van der Waals surface area contributed by atoms with Crippen molar-refractivity contribution >= 4 is 17.3 Å². The molecule has 3 rings (SSSR count). The van der Waals surface area contributed by atoms with Crippen molar-refractivity contribution in [1.29, 1.82) is 0 Å². The number of nitrogens with two attached hydrogens (primary N) is 1. The molecule has 1 aliphatic rings. The van der Waals surface area contributed by atoms with Crippen molar-refractivity contribution in [3.63, 3.8) is 0 Å². The lowest BCUT2D eigenvalue weighted by molar-refractivity contribution is 0.508. The molecule has 16 heavy (non-hydrogen) atoms. The molecule has 1 saturated carbocycles. The third-order valence-corrected chi connectivity index (χ3v) is 2.90. The second-order valence-electron chi connectivity index (χ2n) is 3.96. The highest BCUT2D eigenvalue weighted by atomic mass is 35.5. The van der Waals surface area contributed by atoms with Gasteiger partial charge in [0.25, 0.3) is 0 Å². The maximum atomic E-state index is 6.06. The lowest BCUT2D eigenvalue weighted by Crippen LogP contribution is -1.86. The Morgan fingerprint density at radius 1 is 1.31 bits per heavy atom. The van der Waals surface area contributed by atoms with Gasteiger partial charge in [0, 0.05) is 11.6 Å². The maximum Gasteiger partial charge on any atom is 0.249 e. The van der Waals surface area contributed by atoms with E-state index in [2.05, 4.69) is 10.2 Å². The van der Waals surface area contributed by atoms with Gasteiger partial charge in [-0.05, 0) is 31.0 Å². The van der Waals surface area contributed by atoms with Crippen molar-refractivity contribution in [1.82, 2.24) is 10.2 Å². The number of benzene rings is 1. The van der Waals surface area contributed by atoms with Crippen LogP contribution in [0, 0.1) is 0 Å². The molecule has 2 aromatic rings. The summed E-state index contributed by atoms with van der Waals surface area (Å²) < 4.78 is 5.57. The molecule has 0 aliphatic heterocycles. The van der Waals surface area contributed by atoms with Gasteiger partial charge < -0.3 is 10.2 Å². The zero-order chi connectivity index (χ0) is 11.1. The average Bonchev–Trinajstić information content (AvgIpc) is 2.98. The van der Waals surface area contributed by atoms with Gasteiger partial charge in [0.05, 0.1) is 10.6 Å². The minimum absolute atomic E-state index is 0.453. The molecule has 0 atom stereocenters. The first-order valence-electron chi connectivity index (χ1n) is 5.13. The van der Waals surface area contributed by atoms with E-state index < -0.39 is 0 Å². The Hall–Kier alpha value is -1.55. The zero-order valence-corrected chi connectivity index (χ0v) is 9.24. The van der Waals surface area contributed by atoms with Gasteiger partial charge in [-0.3, -0.25) is 0 Å². The minimum Gasteiger partial charge on any atom is -0.420 e. The Morgan fingerprint density at radius 3 is 2.81 bits per heavy atom. The van der Waals surface area contributed by atoms with Gasteiger partial charge in [0.15, 0.2) is 0 Å². The van der Waals surface area contributed by atoms with Gasteiger partial charge >= 0.3 is 0 Å². The van der Waals surface area contributed by atoms with E-state index >= 15 is 0 Å². The van der Waals surface area contributed by atoms with E-state index in [1.54, 1.807) is 18.2 Å². The van der Waals surface area contributed by atoms with E-state index in [9.17, 15) is 0 Å². The van der Waals surface area contributed by atoms with Crippen molar-refractivity contribution in [3.05, 3.63) is 29.1 Å². The molecule has 0 amide bonds. The van der Waals surface area contributed by atoms with Crippen LogP contribution in [0.25, 0.3) is 11.5 Å². The summed E-state index contributed by atoms with van der Waals surface area (Å²) in [6.45, 7) is 0. The number of nitrogens with zero attached hydrogens (tertiary/aromatic N) is 2. The van der Waals surface area contributed by atoms with Crippen molar-refractivity contribution in [2.24, 2.45) is 0 Å². The van der Waals surface area contributed by atoms with Gasteiger partial charge in [0.1, 0.15) is 0 Å². The molecular weight excluding hydrogens is 226 g/mol. The lowest BCUT2D eigenvalue weighted by Gasteiger charge is -1.99. The quantitative estimate of drug-likeness (QED) is 0.813. The maximum absolute atomic E-state index is 6.06. The number of aromatic nitrogens is 2. The molecule has 0 unspecified atom stereocenters. The van der Waals surface area contributed by atoms with E-state index in [4.69, 9.17) is 21.8 Å². The standard InChI is InChI=1S/C11H10ClN3O/c12-9-5-7(13)3-4-8(9)11-15-14-10(16-11)6-1-2-6/h3-6H,1-2,13H2. The normalized spacial score (nSPS) is 15.3. The van der Waals surface area contributed by atoms with Gasteiger partial charge in [-0.15, -0.1) is 10.2 Å². The second-order valence-corrected chi connectivity index (χ2v) is 4.37. The summed E-state index contributed by atoms with van der Waals surface area (Å²) in [5.41, 5.74) is 6.97. The van der Waals surface area contributed by atoms with E-state index in [1.807, 2.05) is 0 Å². The van der Waals surface area contributed by atoms with E-state index in [0.29, 0.717) is 28.4 Å².